The van der Waals surface area contributed by atoms with Crippen molar-refractivity contribution in [3.8, 4) is 5.75 Å². The molecule has 0 radical (unpaired) electrons. The van der Waals surface area contributed by atoms with Gasteiger partial charge < -0.3 is 13.9 Å². The van der Waals surface area contributed by atoms with E-state index in [1.54, 1.807) is 19.4 Å². The number of carbonyl (C=O) groups is 1. The van der Waals surface area contributed by atoms with Crippen molar-refractivity contribution in [2.45, 2.75) is 38.8 Å². The van der Waals surface area contributed by atoms with Crippen molar-refractivity contribution in [3.63, 3.8) is 0 Å². The van der Waals surface area contributed by atoms with Crippen molar-refractivity contribution < 1.29 is 18.7 Å². The Labute approximate surface area is 101 Å². The molecule has 2 N–H and O–H groups in total. The Morgan fingerprint density at radius 2 is 2.29 bits per heavy atom. The van der Waals surface area contributed by atoms with E-state index in [9.17, 15) is 4.79 Å². The third-order valence-electron chi connectivity index (χ3n) is 2.38. The summed E-state index contributed by atoms with van der Waals surface area (Å²) < 4.78 is 15.2. The first-order chi connectivity index (χ1) is 8.13. The maximum atomic E-state index is 10.6. The number of esters is 1. The summed E-state index contributed by atoms with van der Waals surface area (Å²) in [6.45, 7) is 1.35. The minimum absolute atomic E-state index is 0.342. The molecule has 1 atom stereocenters. The molecule has 0 aromatic carbocycles. The lowest BCUT2D eigenvalue weighted by Crippen LogP contribution is -2.25. The second kappa shape index (κ2) is 6.96. The quantitative estimate of drug-likeness (QED) is 0.448. The molecule has 96 valence electrons. The van der Waals surface area contributed by atoms with E-state index in [0.717, 1.165) is 30.8 Å². The van der Waals surface area contributed by atoms with Crippen LogP contribution in [0.1, 0.15) is 31.9 Å². The first-order valence-corrected chi connectivity index (χ1v) is 5.66. The molecule has 0 fully saturated rings. The van der Waals surface area contributed by atoms with Crippen molar-refractivity contribution in [1.82, 2.24) is 0 Å². The van der Waals surface area contributed by atoms with Gasteiger partial charge in [-0.2, -0.15) is 0 Å². The zero-order chi connectivity index (χ0) is 12.7. The molecule has 0 aliphatic rings. The Morgan fingerprint density at radius 3 is 2.94 bits per heavy atom. The molecule has 1 aromatic rings. The summed E-state index contributed by atoms with van der Waals surface area (Å²) >= 11 is 0. The van der Waals surface area contributed by atoms with Crippen molar-refractivity contribution in [1.29, 1.82) is 0 Å². The number of methoxy groups -OCH3 is 1. The lowest BCUT2D eigenvalue weighted by molar-refractivity contribution is -0.146. The highest BCUT2D eigenvalue weighted by Gasteiger charge is 2.08. The van der Waals surface area contributed by atoms with E-state index < -0.39 is 6.23 Å². The Kier molecular flexibility index (Phi) is 5.56. The van der Waals surface area contributed by atoms with Gasteiger partial charge >= 0.3 is 5.97 Å². The number of unbranched alkanes of at least 4 members (excludes halogenated alkanes) is 1. The molecule has 17 heavy (non-hydrogen) atoms. The Hall–Kier alpha value is -1.49. The number of nitrogens with two attached hydrogens (primary N) is 1. The summed E-state index contributed by atoms with van der Waals surface area (Å²) in [5.74, 6) is 1.27. The second-order valence-corrected chi connectivity index (χ2v) is 3.81. The molecule has 0 aliphatic heterocycles. The van der Waals surface area contributed by atoms with Gasteiger partial charge in [-0.1, -0.05) is 0 Å². The van der Waals surface area contributed by atoms with Crippen molar-refractivity contribution in [3.05, 3.63) is 18.1 Å². The van der Waals surface area contributed by atoms with Crippen LogP contribution in [0.5, 0.6) is 5.75 Å². The predicted octanol–water partition coefficient (Wildman–Crippen LogP) is 1.85. The Balaban J connectivity index is 2.18. The summed E-state index contributed by atoms with van der Waals surface area (Å²) in [4.78, 5) is 10.6. The number of rotatable bonds is 7. The minimum atomic E-state index is -0.508. The molecule has 5 nitrogen and oxygen atoms in total. The van der Waals surface area contributed by atoms with Gasteiger partial charge in [0.1, 0.15) is 5.76 Å². The van der Waals surface area contributed by atoms with Crippen LogP contribution in [0.3, 0.4) is 0 Å². The van der Waals surface area contributed by atoms with Crippen LogP contribution in [-0.4, -0.2) is 19.3 Å². The first-order valence-electron chi connectivity index (χ1n) is 5.66. The van der Waals surface area contributed by atoms with Gasteiger partial charge in [0.25, 0.3) is 0 Å². The minimum Gasteiger partial charge on any atom is -0.493 e. The highest BCUT2D eigenvalue weighted by atomic mass is 16.5. The van der Waals surface area contributed by atoms with E-state index in [1.165, 1.54) is 6.92 Å². The van der Waals surface area contributed by atoms with Gasteiger partial charge in [-0.15, -0.1) is 0 Å². The zero-order valence-electron chi connectivity index (χ0n) is 10.3. The monoisotopic (exact) mass is 241 g/mol. The van der Waals surface area contributed by atoms with E-state index in [0.29, 0.717) is 6.42 Å². The van der Waals surface area contributed by atoms with Crippen molar-refractivity contribution in [2.75, 3.05) is 7.11 Å². The molecule has 1 aromatic heterocycles. The SMILES string of the molecule is COc1ccoc1CCCCC(N)OC(C)=O. The molecule has 0 amide bonds. The average Bonchev–Trinajstić information content (AvgIpc) is 2.70. The number of carbonyl (C=O) groups excluding carboxylic acids is 1. The van der Waals surface area contributed by atoms with Crippen LogP contribution in [0.25, 0.3) is 0 Å². The van der Waals surface area contributed by atoms with Gasteiger partial charge in [0, 0.05) is 19.4 Å². The lowest BCUT2D eigenvalue weighted by atomic mass is 10.1. The third-order valence-corrected chi connectivity index (χ3v) is 2.38. The molecule has 0 aliphatic carbocycles. The third kappa shape index (κ3) is 4.91. The van der Waals surface area contributed by atoms with Gasteiger partial charge in [-0.3, -0.25) is 10.5 Å². The molecule has 5 heteroatoms. The summed E-state index contributed by atoms with van der Waals surface area (Å²) in [5.41, 5.74) is 5.60. The number of furan rings is 1. The fourth-order valence-corrected chi connectivity index (χ4v) is 1.60. The molecule has 0 spiro atoms. The molecular weight excluding hydrogens is 222 g/mol. The highest BCUT2D eigenvalue weighted by Crippen LogP contribution is 2.21. The van der Waals surface area contributed by atoms with Crippen LogP contribution < -0.4 is 10.5 Å². The molecule has 0 saturated heterocycles. The number of ether oxygens (including phenoxy) is 2. The van der Waals surface area contributed by atoms with Crippen LogP contribution in [0.4, 0.5) is 0 Å². The van der Waals surface area contributed by atoms with Gasteiger partial charge in [-0.05, 0) is 19.3 Å². The van der Waals surface area contributed by atoms with Gasteiger partial charge in [0.15, 0.2) is 12.0 Å². The standard InChI is InChI=1S/C12H19NO4/c1-9(14)17-12(13)6-4-3-5-11-10(15-2)7-8-16-11/h7-8,12H,3-6,13H2,1-2H3. The van der Waals surface area contributed by atoms with Crippen molar-refractivity contribution >= 4 is 5.97 Å². The molecule has 1 unspecified atom stereocenters. The first kappa shape index (κ1) is 13.6. The highest BCUT2D eigenvalue weighted by molar-refractivity contribution is 5.66. The van der Waals surface area contributed by atoms with Crippen LogP contribution in [0.15, 0.2) is 16.7 Å². The summed E-state index contributed by atoms with van der Waals surface area (Å²) in [5, 5.41) is 0. The van der Waals surface area contributed by atoms with Gasteiger partial charge in [0.05, 0.1) is 13.4 Å². The van der Waals surface area contributed by atoms with E-state index in [1.807, 2.05) is 0 Å². The normalized spacial score (nSPS) is 12.2. The molecular formula is C12H19NO4. The number of hydrogen-bond donors (Lipinski definition) is 1. The Bertz CT molecular complexity index is 348. The lowest BCUT2D eigenvalue weighted by Gasteiger charge is -2.10. The Morgan fingerprint density at radius 1 is 1.53 bits per heavy atom. The molecule has 1 rings (SSSR count). The number of aryl methyl sites for hydroxylation is 1. The second-order valence-electron chi connectivity index (χ2n) is 3.81. The summed E-state index contributed by atoms with van der Waals surface area (Å²) in [6.07, 6.45) is 4.34. The van der Waals surface area contributed by atoms with E-state index in [2.05, 4.69) is 0 Å². The fraction of sp³-hybridized carbons (Fsp3) is 0.583. The number of hydrogen-bond acceptors (Lipinski definition) is 5. The summed E-state index contributed by atoms with van der Waals surface area (Å²) in [6, 6.07) is 1.79. The molecule has 0 saturated carbocycles. The van der Waals surface area contributed by atoms with Crippen LogP contribution >= 0.6 is 0 Å². The van der Waals surface area contributed by atoms with Crippen LogP contribution in [-0.2, 0) is 16.0 Å². The van der Waals surface area contributed by atoms with Gasteiger partial charge in [0.2, 0.25) is 0 Å². The molecule has 1 heterocycles. The van der Waals surface area contributed by atoms with Crippen molar-refractivity contribution in [2.24, 2.45) is 5.73 Å². The van der Waals surface area contributed by atoms with E-state index >= 15 is 0 Å². The smallest absolute Gasteiger partial charge is 0.304 e. The largest absolute Gasteiger partial charge is 0.493 e. The topological polar surface area (TPSA) is 74.7 Å². The van der Waals surface area contributed by atoms with Crippen LogP contribution in [0, 0.1) is 0 Å². The maximum Gasteiger partial charge on any atom is 0.304 e. The molecule has 0 bridgehead atoms. The van der Waals surface area contributed by atoms with Gasteiger partial charge in [-0.25, -0.2) is 0 Å². The average molecular weight is 241 g/mol. The van der Waals surface area contributed by atoms with E-state index in [-0.39, 0.29) is 5.97 Å². The van der Waals surface area contributed by atoms with Crippen LogP contribution in [0.2, 0.25) is 0 Å². The predicted molar refractivity (Wildman–Crippen MR) is 62.6 cm³/mol. The summed E-state index contributed by atoms with van der Waals surface area (Å²) in [7, 11) is 1.62. The maximum absolute atomic E-state index is 10.6. The van der Waals surface area contributed by atoms with E-state index in [4.69, 9.17) is 19.6 Å². The zero-order valence-corrected chi connectivity index (χ0v) is 10.3. The fourth-order valence-electron chi connectivity index (χ4n) is 1.60.